The van der Waals surface area contributed by atoms with Crippen LogP contribution in [0.15, 0.2) is 42.5 Å². The fourth-order valence-electron chi connectivity index (χ4n) is 1.19. The highest BCUT2D eigenvalue weighted by atomic mass is 28.3. The van der Waals surface area contributed by atoms with E-state index in [0.717, 1.165) is 5.56 Å². The van der Waals surface area contributed by atoms with Gasteiger partial charge in [-0.3, -0.25) is 0 Å². The Morgan fingerprint density at radius 1 is 1.25 bits per heavy atom. The van der Waals surface area contributed by atoms with E-state index in [2.05, 4.69) is 0 Å². The van der Waals surface area contributed by atoms with E-state index in [1.807, 2.05) is 50.0 Å². The van der Waals surface area contributed by atoms with Crippen molar-refractivity contribution in [2.75, 3.05) is 0 Å². The highest BCUT2D eigenvalue weighted by molar-refractivity contribution is 7.04. The minimum atomic E-state index is -1.77. The minimum absolute atomic E-state index is 0.155. The van der Waals surface area contributed by atoms with E-state index in [1.165, 1.54) is 6.08 Å². The summed E-state index contributed by atoms with van der Waals surface area (Å²) < 4.78 is 0. The summed E-state index contributed by atoms with van der Waals surface area (Å²) in [5, 5.41) is 9.97. The van der Waals surface area contributed by atoms with Gasteiger partial charge in [0.15, 0.2) is 0 Å². The molecule has 86 valence electrons. The van der Waals surface area contributed by atoms with E-state index >= 15 is 0 Å². The van der Waals surface area contributed by atoms with E-state index in [0.29, 0.717) is 0 Å². The highest BCUT2D eigenvalue weighted by Gasteiger charge is 2.21. The Hall–Kier alpha value is -1.19. The van der Waals surface area contributed by atoms with Crippen molar-refractivity contribution >= 4 is 13.5 Å². The Morgan fingerprint density at radius 2 is 1.81 bits per heavy atom. The van der Waals surface area contributed by atoms with Gasteiger partial charge < -0.3 is 9.90 Å². The first-order chi connectivity index (χ1) is 7.41. The van der Waals surface area contributed by atoms with Crippen LogP contribution >= 0.6 is 0 Å². The maximum absolute atomic E-state index is 11.7. The number of aliphatic hydroxyl groups is 1. The van der Waals surface area contributed by atoms with Gasteiger partial charge in [-0.05, 0) is 17.7 Å². The number of aliphatic hydroxyl groups excluding tert-OH is 1. The largest absolute Gasteiger partial charge is 0.384 e. The molecule has 0 radical (unpaired) electrons. The number of hydrogen-bond donors (Lipinski definition) is 1. The number of allylic oxidation sites excluding steroid dienone is 1. The topological polar surface area (TPSA) is 37.3 Å². The maximum atomic E-state index is 11.7. The second-order valence-electron chi connectivity index (χ2n) is 4.83. The second kappa shape index (κ2) is 5.23. The predicted molar refractivity (Wildman–Crippen MR) is 68.9 cm³/mol. The van der Waals surface area contributed by atoms with Crippen molar-refractivity contribution in [3.63, 3.8) is 0 Å². The first kappa shape index (κ1) is 12.9. The van der Waals surface area contributed by atoms with Crippen molar-refractivity contribution in [1.29, 1.82) is 0 Å². The van der Waals surface area contributed by atoms with Crippen LogP contribution in [0.25, 0.3) is 0 Å². The van der Waals surface area contributed by atoms with Gasteiger partial charge in [-0.1, -0.05) is 50.0 Å². The van der Waals surface area contributed by atoms with Gasteiger partial charge in [-0.15, -0.1) is 0 Å². The zero-order chi connectivity index (χ0) is 12.2. The fraction of sp³-hybridized carbons (Fsp3) is 0.308. The molecule has 0 fully saturated rings. The summed E-state index contributed by atoms with van der Waals surface area (Å²) in [7, 11) is -1.77. The van der Waals surface area contributed by atoms with Crippen molar-refractivity contribution in [3.05, 3.63) is 48.0 Å². The highest BCUT2D eigenvalue weighted by Crippen LogP contribution is 2.14. The number of benzene rings is 1. The molecule has 0 aromatic heterocycles. The molecule has 2 nitrogen and oxygen atoms in total. The van der Waals surface area contributed by atoms with E-state index < -0.39 is 14.2 Å². The van der Waals surface area contributed by atoms with Crippen molar-refractivity contribution in [1.82, 2.24) is 0 Å². The number of hydrogen-bond acceptors (Lipinski definition) is 2. The van der Waals surface area contributed by atoms with Crippen LogP contribution in [0.2, 0.25) is 19.6 Å². The SMILES string of the molecule is C[Si](C)(C)C(=O)/C=C/C(O)c1ccccc1. The molecule has 16 heavy (non-hydrogen) atoms. The summed E-state index contributed by atoms with van der Waals surface area (Å²) in [5.41, 5.74) is 0.808. The molecule has 3 heteroatoms. The lowest BCUT2D eigenvalue weighted by Gasteiger charge is -2.11. The molecule has 0 aliphatic rings. The maximum Gasteiger partial charge on any atom is 0.132 e. The molecule has 1 atom stereocenters. The lowest BCUT2D eigenvalue weighted by Crippen LogP contribution is -2.31. The lowest BCUT2D eigenvalue weighted by atomic mass is 10.1. The van der Waals surface area contributed by atoms with Crippen LogP contribution in [0.5, 0.6) is 0 Å². The summed E-state index contributed by atoms with van der Waals surface area (Å²) in [4.78, 5) is 11.7. The van der Waals surface area contributed by atoms with E-state index in [4.69, 9.17) is 0 Å². The molecule has 1 N–H and O–H groups in total. The van der Waals surface area contributed by atoms with Crippen LogP contribution in [0.1, 0.15) is 11.7 Å². The Morgan fingerprint density at radius 3 is 2.31 bits per heavy atom. The summed E-state index contributed by atoms with van der Waals surface area (Å²) in [6.07, 6.45) is 2.39. The standard InChI is InChI=1S/C13H18O2Si/c1-16(2,3)13(15)10-9-12(14)11-7-5-4-6-8-11/h4-10,12,14H,1-3H3/b10-9+. The van der Waals surface area contributed by atoms with E-state index in [1.54, 1.807) is 6.08 Å². The van der Waals surface area contributed by atoms with Gasteiger partial charge in [-0.25, -0.2) is 0 Å². The second-order valence-corrected chi connectivity index (χ2v) is 9.82. The third-order valence-corrected chi connectivity index (χ3v) is 3.96. The molecule has 0 saturated heterocycles. The van der Waals surface area contributed by atoms with Gasteiger partial charge in [0.1, 0.15) is 13.5 Å². The van der Waals surface area contributed by atoms with Gasteiger partial charge in [0.05, 0.1) is 6.10 Å². The molecule has 0 aliphatic heterocycles. The lowest BCUT2D eigenvalue weighted by molar-refractivity contribution is -0.108. The van der Waals surface area contributed by atoms with Gasteiger partial charge in [0.2, 0.25) is 0 Å². The average molecular weight is 234 g/mol. The van der Waals surface area contributed by atoms with Crippen molar-refractivity contribution in [3.8, 4) is 0 Å². The Labute approximate surface area is 97.6 Å². The smallest absolute Gasteiger partial charge is 0.132 e. The molecule has 1 aromatic carbocycles. The fourth-order valence-corrected chi connectivity index (χ4v) is 1.79. The normalized spacial score (nSPS) is 14.0. The molecule has 0 heterocycles. The Bertz CT molecular complexity index is 377. The van der Waals surface area contributed by atoms with E-state index in [-0.39, 0.29) is 5.41 Å². The molecule has 1 unspecified atom stereocenters. The predicted octanol–water partition coefficient (Wildman–Crippen LogP) is 2.72. The van der Waals surface area contributed by atoms with Crippen LogP contribution in [0, 0.1) is 0 Å². The van der Waals surface area contributed by atoms with Crippen LogP contribution in [0.4, 0.5) is 0 Å². The molecule has 0 aliphatic carbocycles. The number of carbonyl (C=O) groups is 1. The molecule has 0 bridgehead atoms. The van der Waals surface area contributed by atoms with Crippen molar-refractivity contribution < 1.29 is 9.90 Å². The summed E-state index contributed by atoms with van der Waals surface area (Å²) in [6.45, 7) is 5.98. The van der Waals surface area contributed by atoms with Gasteiger partial charge in [0, 0.05) is 0 Å². The van der Waals surface area contributed by atoms with Crippen molar-refractivity contribution in [2.24, 2.45) is 0 Å². The molecule has 1 aromatic rings. The van der Waals surface area contributed by atoms with Crippen LogP contribution < -0.4 is 0 Å². The minimum Gasteiger partial charge on any atom is -0.384 e. The van der Waals surface area contributed by atoms with Gasteiger partial charge in [0.25, 0.3) is 0 Å². The van der Waals surface area contributed by atoms with Crippen LogP contribution in [0.3, 0.4) is 0 Å². The van der Waals surface area contributed by atoms with Crippen LogP contribution in [-0.2, 0) is 4.79 Å². The first-order valence-electron chi connectivity index (χ1n) is 5.37. The van der Waals surface area contributed by atoms with Crippen LogP contribution in [-0.4, -0.2) is 18.6 Å². The van der Waals surface area contributed by atoms with E-state index in [9.17, 15) is 9.90 Å². The molecule has 0 spiro atoms. The van der Waals surface area contributed by atoms with Gasteiger partial charge >= 0.3 is 0 Å². The Kier molecular flexibility index (Phi) is 4.21. The first-order valence-corrected chi connectivity index (χ1v) is 8.87. The molecular weight excluding hydrogens is 216 g/mol. The number of carbonyl (C=O) groups excluding carboxylic acids is 1. The monoisotopic (exact) mass is 234 g/mol. The summed E-state index contributed by atoms with van der Waals surface area (Å²) in [6, 6.07) is 9.31. The third kappa shape index (κ3) is 3.75. The Balaban J connectivity index is 2.69. The molecule has 0 amide bonds. The zero-order valence-corrected chi connectivity index (χ0v) is 11.0. The summed E-state index contributed by atoms with van der Waals surface area (Å²) in [5.74, 6) is 0. The third-order valence-electron chi connectivity index (χ3n) is 2.31. The molecular formula is C13H18O2Si. The van der Waals surface area contributed by atoms with Crippen molar-refractivity contribution in [2.45, 2.75) is 25.7 Å². The molecule has 1 rings (SSSR count). The quantitative estimate of drug-likeness (QED) is 0.642. The number of rotatable bonds is 4. The van der Waals surface area contributed by atoms with Gasteiger partial charge in [-0.2, -0.15) is 0 Å². The molecule has 0 saturated carbocycles. The summed E-state index contributed by atoms with van der Waals surface area (Å²) >= 11 is 0. The average Bonchev–Trinajstić information content (AvgIpc) is 2.25. The zero-order valence-electron chi connectivity index (χ0n) is 9.97.